The third-order valence-corrected chi connectivity index (χ3v) is 5.30. The molecule has 0 saturated carbocycles. The van der Waals surface area contributed by atoms with E-state index >= 15 is 0 Å². The number of hydrogen-bond donors (Lipinski definition) is 1. The van der Waals surface area contributed by atoms with Crippen LogP contribution in [0.1, 0.15) is 23.2 Å². The minimum Gasteiger partial charge on any atom is -0.324 e. The largest absolute Gasteiger partial charge is 0.324 e. The van der Waals surface area contributed by atoms with Crippen molar-refractivity contribution >= 4 is 17.5 Å². The summed E-state index contributed by atoms with van der Waals surface area (Å²) in [6.45, 7) is 0.542. The SMILES string of the molecule is O=C(c1cc(F)ccc1F)C1CCN(C(=O)Nc2ccc(-n3cccn3)c(F)c2)CC1. The highest BCUT2D eigenvalue weighted by molar-refractivity contribution is 5.98. The molecule has 0 unspecified atom stereocenters. The summed E-state index contributed by atoms with van der Waals surface area (Å²) in [5.74, 6) is -2.93. The number of benzene rings is 2. The summed E-state index contributed by atoms with van der Waals surface area (Å²) in [5, 5.41) is 6.61. The second-order valence-electron chi connectivity index (χ2n) is 7.30. The van der Waals surface area contributed by atoms with Gasteiger partial charge in [0.1, 0.15) is 17.3 Å². The van der Waals surface area contributed by atoms with Crippen LogP contribution < -0.4 is 5.32 Å². The molecule has 0 aliphatic carbocycles. The number of ketones is 1. The van der Waals surface area contributed by atoms with E-state index in [4.69, 9.17) is 0 Å². The molecule has 1 fully saturated rings. The lowest BCUT2D eigenvalue weighted by Gasteiger charge is -2.31. The molecule has 1 aliphatic heterocycles. The predicted molar refractivity (Wildman–Crippen MR) is 108 cm³/mol. The van der Waals surface area contributed by atoms with Gasteiger partial charge in [-0.1, -0.05) is 0 Å². The zero-order chi connectivity index (χ0) is 22.0. The Morgan fingerprint density at radius 3 is 2.45 bits per heavy atom. The number of rotatable bonds is 4. The molecule has 0 radical (unpaired) electrons. The molecular weight excluding hydrogens is 409 g/mol. The first-order valence-electron chi connectivity index (χ1n) is 9.77. The van der Waals surface area contributed by atoms with Crippen LogP contribution in [0.5, 0.6) is 0 Å². The Kier molecular flexibility index (Phi) is 5.75. The number of anilines is 1. The first kappa shape index (κ1) is 20.6. The van der Waals surface area contributed by atoms with Crippen LogP contribution in [0.4, 0.5) is 23.7 Å². The number of carbonyl (C=O) groups excluding carboxylic acids is 2. The highest BCUT2D eigenvalue weighted by Gasteiger charge is 2.29. The Hall–Kier alpha value is -3.62. The van der Waals surface area contributed by atoms with Crippen LogP contribution in [-0.2, 0) is 0 Å². The highest BCUT2D eigenvalue weighted by Crippen LogP contribution is 2.25. The zero-order valence-corrected chi connectivity index (χ0v) is 16.4. The van der Waals surface area contributed by atoms with E-state index in [1.807, 2.05) is 0 Å². The molecule has 2 aromatic carbocycles. The number of Topliss-reactive ketones (excluding diaryl/α,β-unsaturated/α-hetero) is 1. The summed E-state index contributed by atoms with van der Waals surface area (Å²) in [6, 6.07) is 8.33. The predicted octanol–water partition coefficient (Wildman–Crippen LogP) is 4.42. The number of nitrogens with one attached hydrogen (secondary N) is 1. The Labute approximate surface area is 176 Å². The fourth-order valence-corrected chi connectivity index (χ4v) is 3.64. The number of aromatic nitrogens is 2. The molecule has 3 aromatic rings. The second-order valence-corrected chi connectivity index (χ2v) is 7.30. The standard InChI is InChI=1S/C22H19F3N4O2/c23-15-2-4-18(24)17(12-15)21(30)14-6-10-28(11-7-14)22(31)27-16-3-5-20(19(25)13-16)29-9-1-8-26-29/h1-5,8-9,12-14H,6-7,10-11H2,(H,27,31). The van der Waals surface area contributed by atoms with Crippen molar-refractivity contribution in [3.8, 4) is 5.69 Å². The van der Waals surface area contributed by atoms with E-state index in [1.165, 1.54) is 27.9 Å². The summed E-state index contributed by atoms with van der Waals surface area (Å²) in [4.78, 5) is 26.6. The van der Waals surface area contributed by atoms with Gasteiger partial charge in [0.2, 0.25) is 0 Å². The van der Waals surface area contributed by atoms with Crippen molar-refractivity contribution in [1.82, 2.24) is 14.7 Å². The first-order chi connectivity index (χ1) is 14.9. The van der Waals surface area contributed by atoms with Gasteiger partial charge in [-0.25, -0.2) is 22.6 Å². The normalized spacial score (nSPS) is 14.5. The minimum absolute atomic E-state index is 0.256. The van der Waals surface area contributed by atoms with E-state index in [0.717, 1.165) is 18.2 Å². The maximum atomic E-state index is 14.3. The Bertz CT molecular complexity index is 1110. The summed E-state index contributed by atoms with van der Waals surface area (Å²) < 4.78 is 43.0. The number of piperidine rings is 1. The van der Waals surface area contributed by atoms with Gasteiger partial charge in [0.25, 0.3) is 0 Å². The van der Waals surface area contributed by atoms with Crippen LogP contribution in [0.15, 0.2) is 54.9 Å². The molecule has 2 amide bonds. The molecule has 9 heteroatoms. The molecule has 4 rings (SSSR count). The van der Waals surface area contributed by atoms with Crippen molar-refractivity contribution < 1.29 is 22.8 Å². The number of amides is 2. The van der Waals surface area contributed by atoms with Crippen LogP contribution in [0.3, 0.4) is 0 Å². The minimum atomic E-state index is -0.757. The smallest absolute Gasteiger partial charge is 0.321 e. The van der Waals surface area contributed by atoms with E-state index < -0.39 is 35.2 Å². The van der Waals surface area contributed by atoms with Gasteiger partial charge in [0.05, 0.1) is 5.56 Å². The van der Waals surface area contributed by atoms with E-state index in [1.54, 1.807) is 18.3 Å². The average Bonchev–Trinajstić information content (AvgIpc) is 3.30. The molecule has 1 saturated heterocycles. The number of hydrogen-bond acceptors (Lipinski definition) is 3. The van der Waals surface area contributed by atoms with E-state index in [0.29, 0.717) is 18.5 Å². The Morgan fingerprint density at radius 2 is 1.77 bits per heavy atom. The summed E-state index contributed by atoms with van der Waals surface area (Å²) in [5.41, 5.74) is 0.279. The molecule has 0 bridgehead atoms. The van der Waals surface area contributed by atoms with Gasteiger partial charge in [-0.2, -0.15) is 5.10 Å². The van der Waals surface area contributed by atoms with Gasteiger partial charge < -0.3 is 10.2 Å². The molecule has 1 N–H and O–H groups in total. The van der Waals surface area contributed by atoms with Gasteiger partial charge in [0.15, 0.2) is 11.6 Å². The van der Waals surface area contributed by atoms with Crippen LogP contribution in [0.25, 0.3) is 5.69 Å². The number of likely N-dealkylation sites (tertiary alicyclic amines) is 1. The van der Waals surface area contributed by atoms with Crippen LogP contribution in [0, 0.1) is 23.4 Å². The van der Waals surface area contributed by atoms with Crippen molar-refractivity contribution in [3.63, 3.8) is 0 Å². The summed E-state index contributed by atoms with van der Waals surface area (Å²) in [7, 11) is 0. The maximum absolute atomic E-state index is 14.3. The van der Waals surface area contributed by atoms with Crippen molar-refractivity contribution in [2.75, 3.05) is 18.4 Å². The van der Waals surface area contributed by atoms with E-state index in [2.05, 4.69) is 10.4 Å². The first-order valence-corrected chi connectivity index (χ1v) is 9.77. The van der Waals surface area contributed by atoms with E-state index in [9.17, 15) is 22.8 Å². The van der Waals surface area contributed by atoms with Crippen molar-refractivity contribution in [2.24, 2.45) is 5.92 Å². The molecular formula is C22H19F3N4O2. The van der Waals surface area contributed by atoms with Gasteiger partial charge in [-0.05, 0) is 55.3 Å². The van der Waals surface area contributed by atoms with Crippen LogP contribution >= 0.6 is 0 Å². The third-order valence-electron chi connectivity index (χ3n) is 5.30. The molecule has 160 valence electrons. The Balaban J connectivity index is 1.36. The van der Waals surface area contributed by atoms with Crippen LogP contribution in [-0.4, -0.2) is 39.6 Å². The number of nitrogens with zero attached hydrogens (tertiary/aromatic N) is 3. The monoisotopic (exact) mass is 428 g/mol. The summed E-state index contributed by atoms with van der Waals surface area (Å²) >= 11 is 0. The topological polar surface area (TPSA) is 67.2 Å². The zero-order valence-electron chi connectivity index (χ0n) is 16.4. The lowest BCUT2D eigenvalue weighted by Crippen LogP contribution is -2.42. The van der Waals surface area contributed by atoms with Crippen molar-refractivity contribution in [1.29, 1.82) is 0 Å². The van der Waals surface area contributed by atoms with Gasteiger partial charge in [-0.3, -0.25) is 4.79 Å². The second kappa shape index (κ2) is 8.63. The van der Waals surface area contributed by atoms with Crippen molar-refractivity contribution in [2.45, 2.75) is 12.8 Å². The van der Waals surface area contributed by atoms with Gasteiger partial charge >= 0.3 is 6.03 Å². The molecule has 0 spiro atoms. The van der Waals surface area contributed by atoms with Crippen LogP contribution in [0.2, 0.25) is 0 Å². The lowest BCUT2D eigenvalue weighted by molar-refractivity contribution is 0.0854. The molecule has 0 atom stereocenters. The molecule has 1 aliphatic rings. The quantitative estimate of drug-likeness (QED) is 0.626. The number of halogens is 3. The van der Waals surface area contributed by atoms with Gasteiger partial charge in [0, 0.05) is 37.1 Å². The Morgan fingerprint density at radius 1 is 1.00 bits per heavy atom. The fourth-order valence-electron chi connectivity index (χ4n) is 3.64. The molecule has 31 heavy (non-hydrogen) atoms. The number of urea groups is 1. The lowest BCUT2D eigenvalue weighted by atomic mass is 9.88. The maximum Gasteiger partial charge on any atom is 0.321 e. The van der Waals surface area contributed by atoms with E-state index in [-0.39, 0.29) is 24.3 Å². The highest BCUT2D eigenvalue weighted by atomic mass is 19.1. The third kappa shape index (κ3) is 4.45. The molecule has 1 aromatic heterocycles. The fraction of sp³-hybridized carbons (Fsp3) is 0.227. The van der Waals surface area contributed by atoms with Crippen molar-refractivity contribution in [3.05, 3.63) is 77.9 Å². The molecule has 2 heterocycles. The summed E-state index contributed by atoms with van der Waals surface area (Å²) in [6.07, 6.45) is 3.80. The van der Waals surface area contributed by atoms with Gasteiger partial charge in [-0.15, -0.1) is 0 Å². The number of carbonyl (C=O) groups is 2. The molecule has 6 nitrogen and oxygen atoms in total. The average molecular weight is 428 g/mol.